The Morgan fingerprint density at radius 3 is 2.21 bits per heavy atom. The average Bonchev–Trinajstić information content (AvgIpc) is 2.87. The molecule has 3 aromatic carbocycles. The number of esters is 1. The van der Waals surface area contributed by atoms with Crippen LogP contribution in [0, 0.1) is 6.92 Å². The van der Waals surface area contributed by atoms with Gasteiger partial charge in [0.25, 0.3) is 5.91 Å². The summed E-state index contributed by atoms with van der Waals surface area (Å²) in [5, 5.41) is 5.29. The average molecular weight is 517 g/mol. The molecule has 0 unspecified atom stereocenters. The fourth-order valence-electron chi connectivity index (χ4n) is 3.61. The number of nitrogens with one attached hydrogen (secondary N) is 2. The lowest BCUT2D eigenvalue weighted by Crippen LogP contribution is -2.22. The fourth-order valence-corrected chi connectivity index (χ4v) is 3.61. The van der Waals surface area contributed by atoms with Crippen LogP contribution in [0.15, 0.2) is 66.7 Å². The summed E-state index contributed by atoms with van der Waals surface area (Å²) in [6.07, 6.45) is -0.272. The molecule has 8 nitrogen and oxygen atoms in total. The Kier molecular flexibility index (Phi) is 9.76. The van der Waals surface area contributed by atoms with Gasteiger partial charge in [0, 0.05) is 23.4 Å². The van der Waals surface area contributed by atoms with Crippen LogP contribution in [0.1, 0.15) is 61.0 Å². The highest BCUT2D eigenvalue weighted by Gasteiger charge is 2.13. The SMILES string of the molecule is CC(=O)c1cccc(NC(=O)COC(=O)CCC(=O)Nc2ccc(Oc3cc(C)ccc3C(C)C)cc2)c1. The minimum atomic E-state index is -0.671. The lowest BCUT2D eigenvalue weighted by molar-refractivity contribution is -0.147. The van der Waals surface area contributed by atoms with Crippen molar-refractivity contribution in [3.8, 4) is 11.5 Å². The van der Waals surface area contributed by atoms with Gasteiger partial charge in [0.2, 0.25) is 5.91 Å². The first-order valence-electron chi connectivity index (χ1n) is 12.4. The van der Waals surface area contributed by atoms with E-state index in [4.69, 9.17) is 9.47 Å². The lowest BCUT2D eigenvalue weighted by atomic mass is 10.0. The first-order chi connectivity index (χ1) is 18.1. The first-order valence-corrected chi connectivity index (χ1v) is 12.4. The molecule has 0 atom stereocenters. The molecule has 0 aliphatic heterocycles. The van der Waals surface area contributed by atoms with E-state index in [1.165, 1.54) is 13.0 Å². The van der Waals surface area contributed by atoms with E-state index in [1.54, 1.807) is 42.5 Å². The monoisotopic (exact) mass is 516 g/mol. The van der Waals surface area contributed by atoms with Crippen molar-refractivity contribution in [3.05, 3.63) is 83.4 Å². The summed E-state index contributed by atoms with van der Waals surface area (Å²) in [7, 11) is 0. The van der Waals surface area contributed by atoms with Gasteiger partial charge in [-0.15, -0.1) is 0 Å². The number of aryl methyl sites for hydroxylation is 1. The Hall–Kier alpha value is -4.46. The lowest BCUT2D eigenvalue weighted by Gasteiger charge is -2.15. The summed E-state index contributed by atoms with van der Waals surface area (Å²) in [6.45, 7) is 7.16. The van der Waals surface area contributed by atoms with E-state index in [0.29, 0.717) is 28.6 Å². The van der Waals surface area contributed by atoms with Gasteiger partial charge in [-0.05, 0) is 73.4 Å². The van der Waals surface area contributed by atoms with Crippen LogP contribution >= 0.6 is 0 Å². The van der Waals surface area contributed by atoms with Gasteiger partial charge in [-0.1, -0.05) is 38.1 Å². The van der Waals surface area contributed by atoms with E-state index >= 15 is 0 Å². The van der Waals surface area contributed by atoms with E-state index in [1.807, 2.05) is 13.0 Å². The maximum absolute atomic E-state index is 12.3. The molecule has 198 valence electrons. The molecule has 8 heteroatoms. The Balaban J connectivity index is 1.42. The van der Waals surface area contributed by atoms with Gasteiger partial charge < -0.3 is 20.1 Å². The third-order valence-electron chi connectivity index (χ3n) is 5.63. The van der Waals surface area contributed by atoms with Crippen LogP contribution in [0.5, 0.6) is 11.5 Å². The summed E-state index contributed by atoms with van der Waals surface area (Å²) in [4.78, 5) is 47.7. The van der Waals surface area contributed by atoms with E-state index in [-0.39, 0.29) is 24.5 Å². The van der Waals surface area contributed by atoms with Gasteiger partial charge in [0.1, 0.15) is 11.5 Å². The van der Waals surface area contributed by atoms with Crippen molar-refractivity contribution in [1.82, 2.24) is 0 Å². The molecule has 0 saturated carbocycles. The highest BCUT2D eigenvalue weighted by atomic mass is 16.5. The molecule has 0 spiro atoms. The van der Waals surface area contributed by atoms with Crippen LogP contribution in [0.3, 0.4) is 0 Å². The normalized spacial score (nSPS) is 10.6. The molecule has 0 radical (unpaired) electrons. The maximum atomic E-state index is 12.3. The smallest absolute Gasteiger partial charge is 0.306 e. The quantitative estimate of drug-likeness (QED) is 0.238. The van der Waals surface area contributed by atoms with Gasteiger partial charge in [0.15, 0.2) is 12.4 Å². The molecule has 0 aromatic heterocycles. The number of carbonyl (C=O) groups is 4. The van der Waals surface area contributed by atoms with E-state index in [0.717, 1.165) is 16.9 Å². The molecule has 3 aromatic rings. The second-order valence-corrected chi connectivity index (χ2v) is 9.22. The first kappa shape index (κ1) is 28.1. The number of amides is 2. The number of rotatable bonds is 11. The third-order valence-corrected chi connectivity index (χ3v) is 5.63. The van der Waals surface area contributed by atoms with Crippen LogP contribution in [0.2, 0.25) is 0 Å². The number of carbonyl (C=O) groups excluding carboxylic acids is 4. The zero-order valence-corrected chi connectivity index (χ0v) is 22.0. The molecule has 0 aliphatic carbocycles. The Labute approximate surface area is 222 Å². The second kappa shape index (κ2) is 13.2. The van der Waals surface area contributed by atoms with Crippen molar-refractivity contribution in [1.29, 1.82) is 0 Å². The molecular weight excluding hydrogens is 484 g/mol. The molecule has 0 heterocycles. The van der Waals surface area contributed by atoms with Gasteiger partial charge in [-0.2, -0.15) is 0 Å². The van der Waals surface area contributed by atoms with Gasteiger partial charge in [-0.25, -0.2) is 0 Å². The number of ether oxygens (including phenoxy) is 2. The topological polar surface area (TPSA) is 111 Å². The minimum absolute atomic E-state index is 0.0968. The zero-order chi connectivity index (χ0) is 27.7. The summed E-state index contributed by atoms with van der Waals surface area (Å²) in [6, 6.07) is 19.5. The summed E-state index contributed by atoms with van der Waals surface area (Å²) in [5.74, 6) is 0.0566. The Morgan fingerprint density at radius 1 is 0.816 bits per heavy atom. The maximum Gasteiger partial charge on any atom is 0.306 e. The van der Waals surface area contributed by atoms with E-state index < -0.39 is 18.5 Å². The van der Waals surface area contributed by atoms with E-state index in [2.05, 4.69) is 36.6 Å². The van der Waals surface area contributed by atoms with Gasteiger partial charge in [0.05, 0.1) is 6.42 Å². The van der Waals surface area contributed by atoms with Gasteiger partial charge in [-0.3, -0.25) is 19.2 Å². The van der Waals surface area contributed by atoms with Crippen molar-refractivity contribution < 1.29 is 28.7 Å². The Bertz CT molecular complexity index is 1310. The van der Waals surface area contributed by atoms with Crippen LogP contribution < -0.4 is 15.4 Å². The van der Waals surface area contributed by atoms with Crippen LogP contribution in [0.4, 0.5) is 11.4 Å². The summed E-state index contributed by atoms with van der Waals surface area (Å²) < 4.78 is 11.0. The predicted octanol–water partition coefficient (Wildman–Crippen LogP) is 6.01. The van der Waals surface area contributed by atoms with Crippen molar-refractivity contribution in [2.75, 3.05) is 17.2 Å². The van der Waals surface area contributed by atoms with Crippen molar-refractivity contribution in [2.24, 2.45) is 0 Å². The third kappa shape index (κ3) is 8.58. The number of anilines is 2. The van der Waals surface area contributed by atoms with Crippen LogP contribution in [-0.2, 0) is 19.1 Å². The fraction of sp³-hybridized carbons (Fsp3) is 0.267. The molecule has 0 bridgehead atoms. The number of hydrogen-bond donors (Lipinski definition) is 2. The molecule has 0 fully saturated rings. The largest absolute Gasteiger partial charge is 0.457 e. The van der Waals surface area contributed by atoms with Crippen molar-refractivity contribution in [2.45, 2.75) is 46.5 Å². The molecule has 2 amide bonds. The van der Waals surface area contributed by atoms with Crippen molar-refractivity contribution >= 4 is 34.9 Å². The molecule has 2 N–H and O–H groups in total. The Morgan fingerprint density at radius 2 is 1.53 bits per heavy atom. The molecular formula is C30H32N2O6. The number of ketones is 1. The molecule has 38 heavy (non-hydrogen) atoms. The minimum Gasteiger partial charge on any atom is -0.457 e. The number of benzene rings is 3. The highest BCUT2D eigenvalue weighted by Crippen LogP contribution is 2.32. The number of hydrogen-bond acceptors (Lipinski definition) is 6. The van der Waals surface area contributed by atoms with Crippen LogP contribution in [0.25, 0.3) is 0 Å². The molecule has 0 aliphatic rings. The zero-order valence-electron chi connectivity index (χ0n) is 22.0. The van der Waals surface area contributed by atoms with Crippen LogP contribution in [-0.4, -0.2) is 30.2 Å². The van der Waals surface area contributed by atoms with E-state index in [9.17, 15) is 19.2 Å². The standard InChI is InChI=1S/C30H32N2O6/c1-19(2)26-13-8-20(3)16-27(26)38-25-11-9-23(10-12-25)31-28(34)14-15-30(36)37-18-29(35)32-24-7-5-6-22(17-24)21(4)33/h5-13,16-17,19H,14-15,18H2,1-4H3,(H,31,34)(H,32,35). The molecule has 3 rings (SSSR count). The summed E-state index contributed by atoms with van der Waals surface area (Å²) >= 11 is 0. The number of Topliss-reactive ketones (excluding diaryl/α,β-unsaturated/α-hetero) is 1. The highest BCUT2D eigenvalue weighted by molar-refractivity contribution is 5.98. The molecule has 0 saturated heterocycles. The predicted molar refractivity (Wildman–Crippen MR) is 146 cm³/mol. The van der Waals surface area contributed by atoms with Crippen molar-refractivity contribution in [3.63, 3.8) is 0 Å². The second-order valence-electron chi connectivity index (χ2n) is 9.22. The summed E-state index contributed by atoms with van der Waals surface area (Å²) in [5.41, 5.74) is 3.66. The van der Waals surface area contributed by atoms with Gasteiger partial charge >= 0.3 is 5.97 Å².